The number of carbonyl (C=O) groups is 1. The third-order valence-electron chi connectivity index (χ3n) is 3.10. The molecule has 0 bridgehead atoms. The summed E-state index contributed by atoms with van der Waals surface area (Å²) in [5, 5.41) is 13.8. The van der Waals surface area contributed by atoms with Gasteiger partial charge in [0, 0.05) is 11.3 Å². The van der Waals surface area contributed by atoms with Gasteiger partial charge in [0.25, 0.3) is 0 Å². The highest BCUT2D eigenvalue weighted by molar-refractivity contribution is 7.09. The zero-order valence-electron chi connectivity index (χ0n) is 11.3. The number of hydrogen-bond donors (Lipinski definition) is 1. The zero-order chi connectivity index (χ0) is 14.4. The Morgan fingerprint density at radius 2 is 2.10 bits per heavy atom. The molecule has 2 rings (SSSR count). The van der Waals surface area contributed by atoms with Crippen molar-refractivity contribution in [3.63, 3.8) is 0 Å². The van der Waals surface area contributed by atoms with Gasteiger partial charge in [0.1, 0.15) is 0 Å². The van der Waals surface area contributed by atoms with Crippen molar-refractivity contribution in [2.75, 3.05) is 0 Å². The third kappa shape index (κ3) is 3.94. The molecular formula is C16H16N2OS. The largest absolute Gasteiger partial charge is 0.350 e. The maximum absolute atomic E-state index is 11.9. The number of carbonyl (C=O) groups excluding carboxylic acids is 1. The molecule has 4 heteroatoms. The van der Waals surface area contributed by atoms with Crippen LogP contribution >= 0.6 is 11.3 Å². The van der Waals surface area contributed by atoms with Crippen LogP contribution in [0.5, 0.6) is 0 Å². The number of nitrogens with zero attached hydrogens (tertiary/aromatic N) is 1. The second kappa shape index (κ2) is 6.88. The summed E-state index contributed by atoms with van der Waals surface area (Å²) in [7, 11) is 0. The lowest BCUT2D eigenvalue weighted by atomic mass is 10.1. The maximum atomic E-state index is 11.9. The van der Waals surface area contributed by atoms with E-state index in [1.54, 1.807) is 23.5 Å². The molecule has 1 amide bonds. The van der Waals surface area contributed by atoms with Gasteiger partial charge in [0.2, 0.25) is 5.91 Å². The summed E-state index contributed by atoms with van der Waals surface area (Å²) in [5.74, 6) is 0.0512. The van der Waals surface area contributed by atoms with Crippen molar-refractivity contribution >= 4 is 17.2 Å². The number of aryl methyl sites for hydroxylation is 1. The van der Waals surface area contributed by atoms with Crippen LogP contribution in [-0.2, 0) is 11.2 Å². The molecule has 1 aromatic heterocycles. The Bertz CT molecular complexity index is 596. The van der Waals surface area contributed by atoms with Crippen molar-refractivity contribution in [1.82, 2.24) is 5.32 Å². The topological polar surface area (TPSA) is 52.9 Å². The summed E-state index contributed by atoms with van der Waals surface area (Å²) in [6.07, 6.45) is 1.28. The van der Waals surface area contributed by atoms with Gasteiger partial charge in [-0.1, -0.05) is 18.2 Å². The van der Waals surface area contributed by atoms with E-state index in [1.807, 2.05) is 36.6 Å². The molecule has 0 fully saturated rings. The highest BCUT2D eigenvalue weighted by Gasteiger charge is 2.09. The lowest BCUT2D eigenvalue weighted by Crippen LogP contribution is -2.26. The van der Waals surface area contributed by atoms with E-state index in [0.717, 1.165) is 12.0 Å². The van der Waals surface area contributed by atoms with Crippen molar-refractivity contribution in [1.29, 1.82) is 5.26 Å². The lowest BCUT2D eigenvalue weighted by Gasteiger charge is -2.14. The van der Waals surface area contributed by atoms with E-state index < -0.39 is 0 Å². The molecule has 1 aromatic carbocycles. The van der Waals surface area contributed by atoms with E-state index in [-0.39, 0.29) is 11.9 Å². The highest BCUT2D eigenvalue weighted by atomic mass is 32.1. The first-order valence-corrected chi connectivity index (χ1v) is 7.39. The summed E-state index contributed by atoms with van der Waals surface area (Å²) < 4.78 is 0. The number of nitriles is 1. The Hall–Kier alpha value is -2.12. The van der Waals surface area contributed by atoms with Crippen LogP contribution in [0.3, 0.4) is 0 Å². The summed E-state index contributed by atoms with van der Waals surface area (Å²) in [4.78, 5) is 13.1. The summed E-state index contributed by atoms with van der Waals surface area (Å²) in [5.41, 5.74) is 1.64. The number of rotatable bonds is 5. The van der Waals surface area contributed by atoms with Crippen molar-refractivity contribution in [3.05, 3.63) is 57.8 Å². The number of amides is 1. The molecule has 2 aromatic rings. The summed E-state index contributed by atoms with van der Waals surface area (Å²) in [6, 6.07) is 13.4. The minimum Gasteiger partial charge on any atom is -0.350 e. The number of hydrogen-bond acceptors (Lipinski definition) is 3. The van der Waals surface area contributed by atoms with Gasteiger partial charge >= 0.3 is 0 Å². The van der Waals surface area contributed by atoms with Gasteiger partial charge < -0.3 is 5.32 Å². The Morgan fingerprint density at radius 3 is 2.70 bits per heavy atom. The molecule has 0 aliphatic rings. The quantitative estimate of drug-likeness (QED) is 0.914. The van der Waals surface area contributed by atoms with Gasteiger partial charge in [-0.05, 0) is 42.5 Å². The first-order valence-electron chi connectivity index (χ1n) is 6.51. The fraction of sp³-hybridized carbons (Fsp3) is 0.250. The lowest BCUT2D eigenvalue weighted by molar-refractivity contribution is -0.121. The van der Waals surface area contributed by atoms with Crippen LogP contribution in [0, 0.1) is 11.3 Å². The number of benzene rings is 1. The van der Waals surface area contributed by atoms with Gasteiger partial charge in [-0.25, -0.2) is 0 Å². The average Bonchev–Trinajstić information content (AvgIpc) is 2.98. The molecule has 20 heavy (non-hydrogen) atoms. The predicted molar refractivity (Wildman–Crippen MR) is 80.4 cm³/mol. The molecule has 0 saturated heterocycles. The Kier molecular flexibility index (Phi) is 4.91. The molecule has 0 spiro atoms. The molecule has 1 atom stereocenters. The SMILES string of the molecule is CC(NC(=O)CCc1cccs1)c1ccc(C#N)cc1. The zero-order valence-corrected chi connectivity index (χ0v) is 12.1. The first-order chi connectivity index (χ1) is 9.69. The van der Waals surface area contributed by atoms with E-state index in [9.17, 15) is 4.79 Å². The van der Waals surface area contributed by atoms with Gasteiger partial charge in [-0.15, -0.1) is 11.3 Å². The van der Waals surface area contributed by atoms with Gasteiger partial charge in [-0.3, -0.25) is 4.79 Å². The van der Waals surface area contributed by atoms with E-state index in [2.05, 4.69) is 11.4 Å². The second-order valence-corrected chi connectivity index (χ2v) is 5.63. The maximum Gasteiger partial charge on any atom is 0.220 e. The Morgan fingerprint density at radius 1 is 1.35 bits per heavy atom. The van der Waals surface area contributed by atoms with E-state index in [4.69, 9.17) is 5.26 Å². The van der Waals surface area contributed by atoms with Crippen LogP contribution < -0.4 is 5.32 Å². The normalized spacial score (nSPS) is 11.6. The fourth-order valence-corrected chi connectivity index (χ4v) is 2.64. The first kappa shape index (κ1) is 14.3. The van der Waals surface area contributed by atoms with Gasteiger partial charge in [0.05, 0.1) is 17.7 Å². The van der Waals surface area contributed by atoms with E-state index >= 15 is 0 Å². The van der Waals surface area contributed by atoms with Crippen LogP contribution in [0.2, 0.25) is 0 Å². The van der Waals surface area contributed by atoms with Gasteiger partial charge in [0.15, 0.2) is 0 Å². The van der Waals surface area contributed by atoms with Crippen molar-refractivity contribution in [3.8, 4) is 6.07 Å². The molecule has 0 aliphatic heterocycles. The molecule has 3 nitrogen and oxygen atoms in total. The van der Waals surface area contributed by atoms with E-state index in [0.29, 0.717) is 12.0 Å². The van der Waals surface area contributed by atoms with Crippen LogP contribution in [-0.4, -0.2) is 5.91 Å². The number of thiophene rings is 1. The molecule has 1 N–H and O–H groups in total. The summed E-state index contributed by atoms with van der Waals surface area (Å²) in [6.45, 7) is 1.95. The smallest absolute Gasteiger partial charge is 0.220 e. The Labute approximate surface area is 122 Å². The molecular weight excluding hydrogens is 268 g/mol. The molecule has 0 saturated carbocycles. The van der Waals surface area contributed by atoms with E-state index in [1.165, 1.54) is 4.88 Å². The number of nitrogens with one attached hydrogen (secondary N) is 1. The minimum absolute atomic E-state index is 0.0430. The average molecular weight is 284 g/mol. The highest BCUT2D eigenvalue weighted by Crippen LogP contribution is 2.14. The third-order valence-corrected chi connectivity index (χ3v) is 4.03. The molecule has 102 valence electrons. The monoisotopic (exact) mass is 284 g/mol. The standard InChI is InChI=1S/C16H16N2OS/c1-12(14-6-4-13(11-17)5-7-14)18-16(19)9-8-15-3-2-10-20-15/h2-7,10,12H,8-9H2,1H3,(H,18,19). The van der Waals surface area contributed by atoms with Crippen LogP contribution in [0.25, 0.3) is 0 Å². The minimum atomic E-state index is -0.0430. The van der Waals surface area contributed by atoms with Crippen LogP contribution in [0.15, 0.2) is 41.8 Å². The second-order valence-electron chi connectivity index (χ2n) is 4.60. The van der Waals surface area contributed by atoms with Crippen molar-refractivity contribution in [2.24, 2.45) is 0 Å². The van der Waals surface area contributed by atoms with Crippen LogP contribution in [0.1, 0.15) is 35.4 Å². The van der Waals surface area contributed by atoms with Crippen molar-refractivity contribution < 1.29 is 4.79 Å². The molecule has 0 radical (unpaired) electrons. The summed E-state index contributed by atoms with van der Waals surface area (Å²) >= 11 is 1.67. The molecule has 1 heterocycles. The van der Waals surface area contributed by atoms with Crippen molar-refractivity contribution in [2.45, 2.75) is 25.8 Å². The fourth-order valence-electron chi connectivity index (χ4n) is 1.93. The molecule has 1 unspecified atom stereocenters. The van der Waals surface area contributed by atoms with Crippen LogP contribution in [0.4, 0.5) is 0 Å². The molecule has 0 aliphatic carbocycles. The predicted octanol–water partition coefficient (Wildman–Crippen LogP) is 3.43. The Balaban J connectivity index is 1.85. The van der Waals surface area contributed by atoms with Gasteiger partial charge in [-0.2, -0.15) is 5.26 Å².